The highest BCUT2D eigenvalue weighted by molar-refractivity contribution is 5.92. The fraction of sp³-hybridized carbons (Fsp3) is 0.583. The Morgan fingerprint density at radius 2 is 1.97 bits per heavy atom. The van der Waals surface area contributed by atoms with Gasteiger partial charge in [0.15, 0.2) is 0 Å². The van der Waals surface area contributed by atoms with Gasteiger partial charge in [0.2, 0.25) is 0 Å². The average molecular weight is 452 g/mol. The van der Waals surface area contributed by atoms with E-state index in [9.17, 15) is 9.59 Å². The number of aromatic amines is 1. The van der Waals surface area contributed by atoms with Crippen LogP contribution >= 0.6 is 0 Å². The Kier molecular flexibility index (Phi) is 6.05. The van der Waals surface area contributed by atoms with Gasteiger partial charge >= 0.3 is 0 Å². The van der Waals surface area contributed by atoms with Crippen LogP contribution in [0.3, 0.4) is 0 Å². The Balaban J connectivity index is 1.19. The second-order valence-electron chi connectivity index (χ2n) is 9.45. The standard InChI is InChI=1S/C24H33N7O2/c1-25-24(33)20-8-7-18(15-26-20)31-12-10-30(11-13-31)17-6-5-16(14-17)21-27-22-19(23(32)28-21)4-3-9-29(22)2/h7-8,15-17H,3-6,9-14H2,1-2H3,(H,25,33)(H,27,28,32)/t16-,17-/m1/s1. The van der Waals surface area contributed by atoms with Crippen LogP contribution in [0.2, 0.25) is 0 Å². The molecule has 1 aliphatic carbocycles. The lowest BCUT2D eigenvalue weighted by atomic mass is 10.0. The van der Waals surface area contributed by atoms with Crippen LogP contribution in [0.25, 0.3) is 0 Å². The van der Waals surface area contributed by atoms with E-state index in [0.717, 1.165) is 87.7 Å². The van der Waals surface area contributed by atoms with Crippen LogP contribution in [0, 0.1) is 0 Å². The fourth-order valence-corrected chi connectivity index (χ4v) is 5.55. The van der Waals surface area contributed by atoms with E-state index in [2.05, 4.69) is 30.0 Å². The molecule has 2 aliphatic heterocycles. The first-order valence-corrected chi connectivity index (χ1v) is 12.0. The summed E-state index contributed by atoms with van der Waals surface area (Å²) in [4.78, 5) is 43.7. The smallest absolute Gasteiger partial charge is 0.269 e. The molecule has 33 heavy (non-hydrogen) atoms. The van der Waals surface area contributed by atoms with Crippen LogP contribution in [0.1, 0.15) is 53.5 Å². The quantitative estimate of drug-likeness (QED) is 0.725. The minimum Gasteiger partial charge on any atom is -0.368 e. The van der Waals surface area contributed by atoms with E-state index >= 15 is 0 Å². The number of carbonyl (C=O) groups is 1. The third-order valence-corrected chi connectivity index (χ3v) is 7.49. The molecule has 0 radical (unpaired) electrons. The molecule has 2 N–H and O–H groups in total. The van der Waals surface area contributed by atoms with Crippen LogP contribution in [0.15, 0.2) is 23.1 Å². The Labute approximate surface area is 194 Å². The molecule has 2 atom stereocenters. The van der Waals surface area contributed by atoms with Crippen molar-refractivity contribution in [2.75, 3.05) is 56.6 Å². The zero-order valence-electron chi connectivity index (χ0n) is 19.5. The lowest BCUT2D eigenvalue weighted by molar-refractivity contribution is 0.0958. The number of carbonyl (C=O) groups excluding carboxylic acids is 1. The lowest BCUT2D eigenvalue weighted by Gasteiger charge is -2.39. The summed E-state index contributed by atoms with van der Waals surface area (Å²) in [5.41, 5.74) is 2.40. The van der Waals surface area contributed by atoms with Crippen LogP contribution in [-0.2, 0) is 6.42 Å². The molecule has 1 amide bonds. The van der Waals surface area contributed by atoms with Gasteiger partial charge in [-0.25, -0.2) is 9.97 Å². The Morgan fingerprint density at radius 1 is 1.15 bits per heavy atom. The number of H-pyrrole nitrogens is 1. The SMILES string of the molecule is CNC(=O)c1ccc(N2CCN([C@@H]3CC[C@@H](c4nc5c(c(=O)[nH]4)CCCN5C)C3)CC2)cn1. The summed E-state index contributed by atoms with van der Waals surface area (Å²) < 4.78 is 0. The molecule has 0 spiro atoms. The number of pyridine rings is 1. The molecule has 1 saturated carbocycles. The number of piperazine rings is 1. The highest BCUT2D eigenvalue weighted by Gasteiger charge is 2.34. The molecule has 0 bridgehead atoms. The van der Waals surface area contributed by atoms with Gasteiger partial charge in [-0.15, -0.1) is 0 Å². The molecule has 176 valence electrons. The largest absolute Gasteiger partial charge is 0.368 e. The maximum absolute atomic E-state index is 12.7. The summed E-state index contributed by atoms with van der Waals surface area (Å²) in [5, 5.41) is 2.60. The normalized spacial score (nSPS) is 23.5. The van der Waals surface area contributed by atoms with Crippen molar-refractivity contribution in [1.29, 1.82) is 0 Å². The predicted molar refractivity (Wildman–Crippen MR) is 128 cm³/mol. The topological polar surface area (TPSA) is 97.5 Å². The summed E-state index contributed by atoms with van der Waals surface area (Å²) in [6.07, 6.45) is 6.89. The maximum atomic E-state index is 12.7. The number of anilines is 2. The number of aromatic nitrogens is 3. The van der Waals surface area contributed by atoms with Crippen LogP contribution < -0.4 is 20.7 Å². The van der Waals surface area contributed by atoms with Gasteiger partial charge in [0, 0.05) is 58.8 Å². The average Bonchev–Trinajstić information content (AvgIpc) is 3.35. The molecular weight excluding hydrogens is 418 g/mol. The highest BCUT2D eigenvalue weighted by Crippen LogP contribution is 2.36. The van der Waals surface area contributed by atoms with Crippen molar-refractivity contribution in [2.45, 2.75) is 44.1 Å². The van der Waals surface area contributed by atoms with Crippen molar-refractivity contribution < 1.29 is 4.79 Å². The molecule has 9 heteroatoms. The lowest BCUT2D eigenvalue weighted by Crippen LogP contribution is -2.49. The minimum atomic E-state index is -0.163. The number of rotatable bonds is 4. The van der Waals surface area contributed by atoms with Gasteiger partial charge in [0.25, 0.3) is 11.5 Å². The molecule has 0 unspecified atom stereocenters. The van der Waals surface area contributed by atoms with Crippen molar-refractivity contribution in [3.63, 3.8) is 0 Å². The van der Waals surface area contributed by atoms with Crippen LogP contribution in [-0.4, -0.2) is 78.6 Å². The van der Waals surface area contributed by atoms with E-state index in [4.69, 9.17) is 4.98 Å². The van der Waals surface area contributed by atoms with E-state index in [1.165, 1.54) is 0 Å². The summed E-state index contributed by atoms with van der Waals surface area (Å²) in [6, 6.07) is 4.30. The van der Waals surface area contributed by atoms with Gasteiger partial charge in [-0.05, 0) is 44.2 Å². The van der Waals surface area contributed by atoms with E-state index < -0.39 is 0 Å². The number of nitrogens with one attached hydrogen (secondary N) is 2. The number of nitrogens with zero attached hydrogens (tertiary/aromatic N) is 5. The van der Waals surface area contributed by atoms with E-state index in [-0.39, 0.29) is 11.5 Å². The molecule has 2 aromatic rings. The summed E-state index contributed by atoms with van der Waals surface area (Å²) in [7, 11) is 3.65. The fourth-order valence-electron chi connectivity index (χ4n) is 5.55. The second-order valence-corrected chi connectivity index (χ2v) is 9.45. The molecule has 9 nitrogen and oxygen atoms in total. The maximum Gasteiger partial charge on any atom is 0.269 e. The number of fused-ring (bicyclic) bond motifs is 1. The first-order chi connectivity index (χ1) is 16.0. The monoisotopic (exact) mass is 451 g/mol. The molecule has 4 heterocycles. The number of amides is 1. The third kappa shape index (κ3) is 4.34. The van der Waals surface area contributed by atoms with Gasteiger partial charge in [-0.2, -0.15) is 0 Å². The number of hydrogen-bond donors (Lipinski definition) is 2. The molecule has 0 aromatic carbocycles. The zero-order valence-corrected chi connectivity index (χ0v) is 19.5. The van der Waals surface area contributed by atoms with Gasteiger partial charge in [-0.1, -0.05) is 0 Å². The van der Waals surface area contributed by atoms with Gasteiger partial charge in [0.1, 0.15) is 17.3 Å². The first-order valence-electron chi connectivity index (χ1n) is 12.0. The molecule has 2 fully saturated rings. The molecular formula is C24H33N7O2. The number of hydrogen-bond acceptors (Lipinski definition) is 7. The van der Waals surface area contributed by atoms with Crippen LogP contribution in [0.4, 0.5) is 11.5 Å². The molecule has 3 aliphatic rings. The van der Waals surface area contributed by atoms with Crippen LogP contribution in [0.5, 0.6) is 0 Å². The van der Waals surface area contributed by atoms with E-state index in [1.807, 2.05) is 13.1 Å². The third-order valence-electron chi connectivity index (χ3n) is 7.49. The summed E-state index contributed by atoms with van der Waals surface area (Å²) >= 11 is 0. The van der Waals surface area contributed by atoms with Gasteiger partial charge < -0.3 is 20.1 Å². The van der Waals surface area contributed by atoms with Crippen molar-refractivity contribution in [3.05, 3.63) is 45.8 Å². The Bertz CT molecular complexity index is 1060. The molecule has 5 rings (SSSR count). The van der Waals surface area contributed by atoms with Gasteiger partial charge in [-0.3, -0.25) is 14.5 Å². The summed E-state index contributed by atoms with van der Waals surface area (Å²) in [5.74, 6) is 1.91. The Hall–Kier alpha value is -2.94. The second kappa shape index (κ2) is 9.13. The molecule has 2 aromatic heterocycles. The van der Waals surface area contributed by atoms with E-state index in [0.29, 0.717) is 17.7 Å². The van der Waals surface area contributed by atoms with Crippen molar-refractivity contribution in [3.8, 4) is 0 Å². The van der Waals surface area contributed by atoms with Crippen molar-refractivity contribution in [1.82, 2.24) is 25.2 Å². The van der Waals surface area contributed by atoms with E-state index in [1.54, 1.807) is 19.3 Å². The highest BCUT2D eigenvalue weighted by atomic mass is 16.1. The molecule has 1 saturated heterocycles. The Morgan fingerprint density at radius 3 is 2.70 bits per heavy atom. The summed E-state index contributed by atoms with van der Waals surface area (Å²) in [6.45, 7) is 4.86. The zero-order chi connectivity index (χ0) is 22.9. The first kappa shape index (κ1) is 21.9. The van der Waals surface area contributed by atoms with Gasteiger partial charge in [0.05, 0.1) is 17.4 Å². The van der Waals surface area contributed by atoms with Crippen molar-refractivity contribution >= 4 is 17.4 Å². The van der Waals surface area contributed by atoms with Crippen molar-refractivity contribution in [2.24, 2.45) is 0 Å². The minimum absolute atomic E-state index is 0.0506. The predicted octanol–water partition coefficient (Wildman–Crippen LogP) is 1.37.